The van der Waals surface area contributed by atoms with Gasteiger partial charge in [-0.05, 0) is 51.5 Å². The molecule has 0 bridgehead atoms. The Kier molecular flexibility index (Phi) is 6.49. The molecule has 4 aromatic rings. The van der Waals surface area contributed by atoms with Crippen LogP contribution in [-0.2, 0) is 11.8 Å². The molecule has 1 aromatic carbocycles. The number of nitrogens with one attached hydrogen (secondary N) is 1. The lowest BCUT2D eigenvalue weighted by Gasteiger charge is -2.19. The monoisotopic (exact) mass is 460 g/mol. The van der Waals surface area contributed by atoms with Crippen molar-refractivity contribution in [1.82, 2.24) is 29.2 Å². The zero-order valence-corrected chi connectivity index (χ0v) is 20.0. The van der Waals surface area contributed by atoms with Crippen molar-refractivity contribution in [3.63, 3.8) is 0 Å². The first kappa shape index (κ1) is 23.2. The van der Waals surface area contributed by atoms with Crippen molar-refractivity contribution in [3.8, 4) is 5.82 Å². The smallest absolute Gasteiger partial charge is 0.244 e. The van der Waals surface area contributed by atoms with E-state index < -0.39 is 11.9 Å². The molecule has 0 fully saturated rings. The van der Waals surface area contributed by atoms with Crippen LogP contribution in [0.5, 0.6) is 0 Å². The highest BCUT2D eigenvalue weighted by Gasteiger charge is 2.23. The summed E-state index contributed by atoms with van der Waals surface area (Å²) in [5, 5.41) is 7.34. The van der Waals surface area contributed by atoms with E-state index in [4.69, 9.17) is 0 Å². The van der Waals surface area contributed by atoms with E-state index in [1.165, 1.54) is 12.1 Å². The molecule has 7 nitrogen and oxygen atoms in total. The maximum absolute atomic E-state index is 14.6. The lowest BCUT2D eigenvalue weighted by atomic mass is 10.1. The molecule has 3 heterocycles. The van der Waals surface area contributed by atoms with Crippen LogP contribution in [0.3, 0.4) is 0 Å². The van der Waals surface area contributed by atoms with Crippen LogP contribution in [0, 0.1) is 19.7 Å². The number of imidazole rings is 1. The largest absolute Gasteiger partial charge is 0.338 e. The highest BCUT2D eigenvalue weighted by molar-refractivity contribution is 5.92. The van der Waals surface area contributed by atoms with Crippen molar-refractivity contribution in [2.75, 3.05) is 0 Å². The molecule has 0 aliphatic carbocycles. The van der Waals surface area contributed by atoms with Crippen molar-refractivity contribution < 1.29 is 9.18 Å². The molecule has 1 amide bonds. The normalized spacial score (nSPS) is 12.6. The lowest BCUT2D eigenvalue weighted by molar-refractivity contribution is -0.117. The van der Waals surface area contributed by atoms with Gasteiger partial charge in [0.05, 0.1) is 6.20 Å². The second-order valence-corrected chi connectivity index (χ2v) is 8.58. The summed E-state index contributed by atoms with van der Waals surface area (Å²) in [7, 11) is 1.81. The number of aryl methyl sites for hydroxylation is 2. The highest BCUT2D eigenvalue weighted by Crippen LogP contribution is 2.25. The number of aromatic nitrogens is 5. The van der Waals surface area contributed by atoms with E-state index in [2.05, 4.69) is 33.8 Å². The summed E-state index contributed by atoms with van der Waals surface area (Å²) in [5.41, 5.74) is 3.32. The fourth-order valence-corrected chi connectivity index (χ4v) is 4.19. The van der Waals surface area contributed by atoms with Gasteiger partial charge in [0.15, 0.2) is 0 Å². The number of rotatable bonds is 7. The third-order valence-corrected chi connectivity index (χ3v) is 5.87. The Hall–Kier alpha value is -3.94. The first-order chi connectivity index (χ1) is 16.3. The van der Waals surface area contributed by atoms with Crippen molar-refractivity contribution in [2.45, 2.75) is 39.8 Å². The summed E-state index contributed by atoms with van der Waals surface area (Å²) >= 11 is 0. The Morgan fingerprint density at radius 3 is 2.59 bits per heavy atom. The van der Waals surface area contributed by atoms with Gasteiger partial charge in [-0.15, -0.1) is 0 Å². The van der Waals surface area contributed by atoms with Crippen LogP contribution in [0.2, 0.25) is 0 Å². The summed E-state index contributed by atoms with van der Waals surface area (Å²) in [4.78, 5) is 17.2. The molecule has 8 heteroatoms. The van der Waals surface area contributed by atoms with Gasteiger partial charge in [-0.3, -0.25) is 4.79 Å². The van der Waals surface area contributed by atoms with Gasteiger partial charge in [0.1, 0.15) is 23.5 Å². The third kappa shape index (κ3) is 4.44. The lowest BCUT2D eigenvalue weighted by Crippen LogP contribution is -2.30. The molecule has 1 unspecified atom stereocenters. The second-order valence-electron chi connectivity index (χ2n) is 8.58. The fourth-order valence-electron chi connectivity index (χ4n) is 4.19. The molecule has 3 aromatic heterocycles. The van der Waals surface area contributed by atoms with Gasteiger partial charge in [0.25, 0.3) is 0 Å². The molecular formula is C26H29FN6O. The number of hydrogen-bond acceptors (Lipinski definition) is 3. The predicted molar refractivity (Wildman–Crippen MR) is 130 cm³/mol. The minimum absolute atomic E-state index is 0.220. The van der Waals surface area contributed by atoms with Crippen molar-refractivity contribution >= 4 is 12.0 Å². The number of amides is 1. The summed E-state index contributed by atoms with van der Waals surface area (Å²) in [5.74, 6) is 0.786. The van der Waals surface area contributed by atoms with Crippen LogP contribution >= 0.6 is 0 Å². The quantitative estimate of drug-likeness (QED) is 0.408. The van der Waals surface area contributed by atoms with Crippen LogP contribution in [0.4, 0.5) is 4.39 Å². The van der Waals surface area contributed by atoms with Crippen LogP contribution in [0.1, 0.15) is 54.3 Å². The minimum atomic E-state index is -0.717. The summed E-state index contributed by atoms with van der Waals surface area (Å²) in [6.07, 6.45) is 8.44. The number of carbonyl (C=O) groups is 1. The SMILES string of the molecule is Cc1cc(/C=C/C(=O)NC(c2ccccc2F)c2nccn2C)c(C)n1-c1ccnn1C(C)C. The number of halogens is 1. The fraction of sp³-hybridized carbons (Fsp3) is 0.269. The van der Waals surface area contributed by atoms with Crippen molar-refractivity contribution in [1.29, 1.82) is 0 Å². The molecule has 0 saturated heterocycles. The third-order valence-electron chi connectivity index (χ3n) is 5.87. The molecule has 0 spiro atoms. The summed E-state index contributed by atoms with van der Waals surface area (Å²) < 4.78 is 20.4. The molecule has 4 rings (SSSR count). The van der Waals surface area contributed by atoms with E-state index in [1.54, 1.807) is 47.4 Å². The maximum Gasteiger partial charge on any atom is 0.244 e. The Bertz CT molecular complexity index is 1340. The number of hydrogen-bond donors (Lipinski definition) is 1. The zero-order chi connectivity index (χ0) is 24.4. The Morgan fingerprint density at radius 1 is 1.15 bits per heavy atom. The van der Waals surface area contributed by atoms with Crippen LogP contribution in [-0.4, -0.2) is 29.8 Å². The Labute approximate surface area is 198 Å². The van der Waals surface area contributed by atoms with Gasteiger partial charge in [-0.25, -0.2) is 14.1 Å². The van der Waals surface area contributed by atoms with Gasteiger partial charge in [-0.1, -0.05) is 18.2 Å². The van der Waals surface area contributed by atoms with Crippen LogP contribution < -0.4 is 5.32 Å². The zero-order valence-electron chi connectivity index (χ0n) is 20.0. The molecule has 1 atom stereocenters. The Balaban J connectivity index is 1.61. The van der Waals surface area contributed by atoms with Crippen molar-refractivity contribution in [3.05, 3.63) is 95.2 Å². The molecule has 34 heavy (non-hydrogen) atoms. The second kappa shape index (κ2) is 9.51. The average Bonchev–Trinajstić information content (AvgIpc) is 3.50. The standard InChI is InChI=1S/C26H29FN6O/c1-17(2)33-24(12-13-29-33)32-18(3)16-20(19(32)4)10-11-23(34)30-25(26-28-14-15-31(26)5)21-8-6-7-9-22(21)27/h6-17,25H,1-5H3,(H,30,34)/b11-10+. The number of benzene rings is 1. The molecular weight excluding hydrogens is 431 g/mol. The minimum Gasteiger partial charge on any atom is -0.338 e. The van der Waals surface area contributed by atoms with Gasteiger partial charge >= 0.3 is 0 Å². The van der Waals surface area contributed by atoms with Gasteiger partial charge in [0.2, 0.25) is 5.91 Å². The van der Waals surface area contributed by atoms with Gasteiger partial charge < -0.3 is 14.5 Å². The van der Waals surface area contributed by atoms with Crippen LogP contribution in [0.15, 0.2) is 61.1 Å². The van der Waals surface area contributed by atoms with E-state index in [0.29, 0.717) is 11.4 Å². The topological polar surface area (TPSA) is 69.7 Å². The van der Waals surface area contributed by atoms with Crippen molar-refractivity contribution in [2.24, 2.45) is 7.05 Å². The number of carbonyl (C=O) groups excluding carboxylic acids is 1. The molecule has 176 valence electrons. The van der Waals surface area contributed by atoms with E-state index in [0.717, 1.165) is 22.8 Å². The van der Waals surface area contributed by atoms with Crippen LogP contribution in [0.25, 0.3) is 11.9 Å². The molecule has 0 saturated carbocycles. The first-order valence-corrected chi connectivity index (χ1v) is 11.2. The molecule has 1 N–H and O–H groups in total. The average molecular weight is 461 g/mol. The van der Waals surface area contributed by atoms with Gasteiger partial charge in [0, 0.05) is 54.6 Å². The molecule has 0 radical (unpaired) electrons. The molecule has 0 aliphatic heterocycles. The van der Waals surface area contributed by atoms with E-state index >= 15 is 0 Å². The summed E-state index contributed by atoms with van der Waals surface area (Å²) in [6.45, 7) is 8.21. The first-order valence-electron chi connectivity index (χ1n) is 11.2. The maximum atomic E-state index is 14.6. The Morgan fingerprint density at radius 2 is 1.91 bits per heavy atom. The number of nitrogens with zero attached hydrogens (tertiary/aromatic N) is 5. The summed E-state index contributed by atoms with van der Waals surface area (Å²) in [6, 6.07) is 9.91. The highest BCUT2D eigenvalue weighted by atomic mass is 19.1. The predicted octanol–water partition coefficient (Wildman–Crippen LogP) is 4.66. The molecule has 0 aliphatic rings. The van der Waals surface area contributed by atoms with Gasteiger partial charge in [-0.2, -0.15) is 5.10 Å². The van der Waals surface area contributed by atoms with E-state index in [-0.39, 0.29) is 11.9 Å². The van der Waals surface area contributed by atoms with E-state index in [9.17, 15) is 9.18 Å². The van der Waals surface area contributed by atoms with E-state index in [1.807, 2.05) is 37.7 Å².